The van der Waals surface area contributed by atoms with Crippen molar-refractivity contribution in [1.29, 1.82) is 0 Å². The summed E-state index contributed by atoms with van der Waals surface area (Å²) in [6, 6.07) is 14.6. The molecule has 1 aromatic heterocycles. The summed E-state index contributed by atoms with van der Waals surface area (Å²) >= 11 is 6.33. The molecule has 4 nitrogen and oxygen atoms in total. The zero-order valence-electron chi connectivity index (χ0n) is 15.6. The maximum atomic E-state index is 13.1. The zero-order chi connectivity index (χ0) is 19.3. The van der Waals surface area contributed by atoms with Gasteiger partial charge < -0.3 is 4.74 Å². The maximum Gasteiger partial charge on any atom is 0.278 e. The number of aromatic nitrogens is 2. The quantitative estimate of drug-likeness (QED) is 0.459. The molecule has 4 rings (SSSR count). The predicted octanol–water partition coefficient (Wildman–Crippen LogP) is 5.03. The van der Waals surface area contributed by atoms with Crippen LogP contribution in [0.1, 0.15) is 11.1 Å². The molecule has 136 valence electrons. The molecule has 0 fully saturated rings. The van der Waals surface area contributed by atoms with Crippen molar-refractivity contribution in [3.05, 3.63) is 69.1 Å². The average Bonchev–Trinajstić information content (AvgIpc) is 2.63. The van der Waals surface area contributed by atoms with Gasteiger partial charge in [-0.2, -0.15) is 5.10 Å². The molecule has 1 heterocycles. The Morgan fingerprint density at radius 3 is 2.00 bits per heavy atom. The third kappa shape index (κ3) is 2.77. The van der Waals surface area contributed by atoms with Gasteiger partial charge in [-0.1, -0.05) is 59.1 Å². The van der Waals surface area contributed by atoms with Crippen LogP contribution in [0.4, 0.5) is 0 Å². The second-order valence-electron chi connectivity index (χ2n) is 6.83. The third-order valence-corrected chi connectivity index (χ3v) is 5.13. The van der Waals surface area contributed by atoms with Crippen LogP contribution < -0.4 is 10.3 Å². The molecule has 0 amide bonds. The summed E-state index contributed by atoms with van der Waals surface area (Å²) in [4.78, 5) is 13.1. The van der Waals surface area contributed by atoms with E-state index >= 15 is 0 Å². The highest BCUT2D eigenvalue weighted by Gasteiger charge is 2.22. The van der Waals surface area contributed by atoms with Crippen LogP contribution in [0, 0.1) is 13.8 Å². The minimum absolute atomic E-state index is 0.167. The molecule has 0 aliphatic heterocycles. The first kappa shape index (κ1) is 17.6. The van der Waals surface area contributed by atoms with Gasteiger partial charge in [0, 0.05) is 12.6 Å². The fourth-order valence-corrected chi connectivity index (χ4v) is 3.88. The molecule has 0 unspecified atom stereocenters. The van der Waals surface area contributed by atoms with Gasteiger partial charge >= 0.3 is 0 Å². The van der Waals surface area contributed by atoms with E-state index < -0.39 is 0 Å². The first-order chi connectivity index (χ1) is 12.9. The number of fused-ring (bicyclic) bond motifs is 2. The second kappa shape index (κ2) is 6.39. The minimum Gasteiger partial charge on any atom is -0.493 e. The molecule has 0 spiro atoms. The van der Waals surface area contributed by atoms with E-state index in [0.29, 0.717) is 11.3 Å². The molecule has 0 N–H and O–H groups in total. The number of rotatable bonds is 2. The second-order valence-corrected chi connectivity index (χ2v) is 7.19. The van der Waals surface area contributed by atoms with Crippen LogP contribution >= 0.6 is 11.6 Å². The lowest BCUT2D eigenvalue weighted by molar-refractivity contribution is 0.410. The van der Waals surface area contributed by atoms with Crippen LogP contribution in [0.5, 0.6) is 5.75 Å². The van der Waals surface area contributed by atoms with E-state index in [9.17, 15) is 4.79 Å². The molecule has 0 saturated carbocycles. The average molecular weight is 379 g/mol. The van der Waals surface area contributed by atoms with Crippen molar-refractivity contribution in [2.75, 3.05) is 7.11 Å². The summed E-state index contributed by atoms with van der Waals surface area (Å²) in [6.07, 6.45) is 0. The third-order valence-electron chi connectivity index (χ3n) is 4.88. The van der Waals surface area contributed by atoms with Crippen molar-refractivity contribution >= 4 is 33.1 Å². The van der Waals surface area contributed by atoms with E-state index in [1.54, 1.807) is 7.05 Å². The summed E-state index contributed by atoms with van der Waals surface area (Å²) in [5.41, 5.74) is 3.26. The standard InChI is InChI=1S/C22H19ClN2O2/c1-12-5-7-14-11-15-8-6-13(2)10-17(15)18(16(14)9-12)19-20(27-4)21(23)24-25(3)22(19)26/h5-11H,1-4H3. The molecule has 3 aromatic carbocycles. The normalized spacial score (nSPS) is 11.3. The van der Waals surface area contributed by atoms with Gasteiger partial charge in [0.15, 0.2) is 10.9 Å². The monoisotopic (exact) mass is 378 g/mol. The van der Waals surface area contributed by atoms with E-state index in [2.05, 4.69) is 47.6 Å². The fourth-order valence-electron chi connectivity index (χ4n) is 3.60. The topological polar surface area (TPSA) is 44.1 Å². The van der Waals surface area contributed by atoms with Crippen LogP contribution in [0.2, 0.25) is 5.15 Å². The van der Waals surface area contributed by atoms with Crippen molar-refractivity contribution in [1.82, 2.24) is 9.78 Å². The molecule has 27 heavy (non-hydrogen) atoms. The Kier molecular flexibility index (Phi) is 4.16. The van der Waals surface area contributed by atoms with Crippen molar-refractivity contribution < 1.29 is 4.74 Å². The Morgan fingerprint density at radius 1 is 0.926 bits per heavy atom. The number of hydrogen-bond acceptors (Lipinski definition) is 3. The smallest absolute Gasteiger partial charge is 0.278 e. The van der Waals surface area contributed by atoms with E-state index in [1.165, 1.54) is 11.8 Å². The van der Waals surface area contributed by atoms with Crippen LogP contribution in [0.3, 0.4) is 0 Å². The molecule has 0 aliphatic rings. The minimum atomic E-state index is -0.243. The number of methoxy groups -OCH3 is 1. The molecular weight excluding hydrogens is 360 g/mol. The molecule has 0 bridgehead atoms. The molecular formula is C22H19ClN2O2. The Labute approximate surface area is 162 Å². The first-order valence-corrected chi connectivity index (χ1v) is 9.03. The summed E-state index contributed by atoms with van der Waals surface area (Å²) in [7, 11) is 3.11. The molecule has 4 aromatic rings. The van der Waals surface area contributed by atoms with Gasteiger partial charge in [-0.15, -0.1) is 0 Å². The van der Waals surface area contributed by atoms with E-state index in [0.717, 1.165) is 38.2 Å². The highest BCUT2D eigenvalue weighted by molar-refractivity contribution is 6.31. The zero-order valence-corrected chi connectivity index (χ0v) is 16.4. The van der Waals surface area contributed by atoms with E-state index in [4.69, 9.17) is 16.3 Å². The number of benzene rings is 3. The summed E-state index contributed by atoms with van der Waals surface area (Å²) < 4.78 is 6.78. The number of ether oxygens (including phenoxy) is 1. The van der Waals surface area contributed by atoms with Crippen LogP contribution in [-0.4, -0.2) is 16.9 Å². The maximum absolute atomic E-state index is 13.1. The van der Waals surface area contributed by atoms with Gasteiger partial charge in [-0.05, 0) is 41.5 Å². The van der Waals surface area contributed by atoms with Crippen molar-refractivity contribution in [2.45, 2.75) is 13.8 Å². The summed E-state index contributed by atoms with van der Waals surface area (Å²) in [5.74, 6) is 0.302. The Hall–Kier alpha value is -2.85. The summed E-state index contributed by atoms with van der Waals surface area (Å²) in [5, 5.41) is 8.34. The lowest BCUT2D eigenvalue weighted by atomic mass is 9.91. The number of aryl methyl sites for hydroxylation is 3. The SMILES string of the molecule is COc1c(Cl)nn(C)c(=O)c1-c1c2cc(C)ccc2cc2ccc(C)cc12. The first-order valence-electron chi connectivity index (χ1n) is 8.65. The molecule has 0 aliphatic carbocycles. The lowest BCUT2D eigenvalue weighted by Gasteiger charge is -2.16. The van der Waals surface area contributed by atoms with Crippen molar-refractivity contribution in [3.8, 4) is 16.9 Å². The molecule has 0 saturated heterocycles. The largest absolute Gasteiger partial charge is 0.493 e. The van der Waals surface area contributed by atoms with E-state index in [-0.39, 0.29) is 10.7 Å². The van der Waals surface area contributed by atoms with Crippen molar-refractivity contribution in [3.63, 3.8) is 0 Å². The number of nitrogens with zero attached hydrogens (tertiary/aromatic N) is 2. The lowest BCUT2D eigenvalue weighted by Crippen LogP contribution is -2.22. The summed E-state index contributed by atoms with van der Waals surface area (Å²) in [6.45, 7) is 4.08. The Bertz CT molecular complexity index is 1220. The van der Waals surface area contributed by atoms with Gasteiger partial charge in [0.2, 0.25) is 0 Å². The van der Waals surface area contributed by atoms with Crippen LogP contribution in [0.25, 0.3) is 32.7 Å². The highest BCUT2D eigenvalue weighted by atomic mass is 35.5. The molecule has 0 radical (unpaired) electrons. The molecule has 0 atom stereocenters. The van der Waals surface area contributed by atoms with Gasteiger partial charge in [0.1, 0.15) is 0 Å². The van der Waals surface area contributed by atoms with Gasteiger partial charge in [-0.3, -0.25) is 4.79 Å². The number of hydrogen-bond donors (Lipinski definition) is 0. The Morgan fingerprint density at radius 2 is 1.48 bits per heavy atom. The van der Waals surface area contributed by atoms with Gasteiger partial charge in [-0.25, -0.2) is 4.68 Å². The van der Waals surface area contributed by atoms with Gasteiger partial charge in [0.05, 0.1) is 12.7 Å². The van der Waals surface area contributed by atoms with E-state index in [1.807, 2.05) is 13.8 Å². The van der Waals surface area contributed by atoms with Crippen LogP contribution in [0.15, 0.2) is 47.3 Å². The Balaban J connectivity index is 2.33. The van der Waals surface area contributed by atoms with Crippen molar-refractivity contribution in [2.24, 2.45) is 7.05 Å². The fraction of sp³-hybridized carbons (Fsp3) is 0.182. The molecule has 5 heteroatoms. The predicted molar refractivity (Wildman–Crippen MR) is 111 cm³/mol. The van der Waals surface area contributed by atoms with Crippen LogP contribution in [-0.2, 0) is 7.05 Å². The van der Waals surface area contributed by atoms with Gasteiger partial charge in [0.25, 0.3) is 5.56 Å². The number of halogens is 1. The highest BCUT2D eigenvalue weighted by Crippen LogP contribution is 2.41.